The van der Waals surface area contributed by atoms with Crippen molar-refractivity contribution in [2.75, 3.05) is 12.4 Å². The Morgan fingerprint density at radius 3 is 3.04 bits per heavy atom. The van der Waals surface area contributed by atoms with Gasteiger partial charge < -0.3 is 10.1 Å². The number of fused-ring (bicyclic) bond motifs is 3. The van der Waals surface area contributed by atoms with Crippen molar-refractivity contribution >= 4 is 27.4 Å². The SMILES string of the molecule is COc1cccc(CNc2nc(C)nc3sc4c(c23)CCC4)c1. The minimum absolute atomic E-state index is 0.730. The summed E-state index contributed by atoms with van der Waals surface area (Å²) in [5, 5.41) is 4.74. The molecule has 1 aromatic carbocycles. The standard InChI is InChI=1S/C18H19N3OS/c1-11-20-17(19-10-12-5-3-6-13(9-12)22-2)16-14-7-4-8-15(14)23-18(16)21-11/h3,5-6,9H,4,7-8,10H2,1-2H3,(H,19,20,21). The Labute approximate surface area is 139 Å². The Kier molecular flexibility index (Phi) is 3.65. The minimum atomic E-state index is 0.730. The van der Waals surface area contributed by atoms with Crippen LogP contribution in [0.25, 0.3) is 10.2 Å². The highest BCUT2D eigenvalue weighted by Gasteiger charge is 2.21. The van der Waals surface area contributed by atoms with Crippen molar-refractivity contribution in [3.05, 3.63) is 46.1 Å². The van der Waals surface area contributed by atoms with Gasteiger partial charge in [-0.05, 0) is 49.4 Å². The molecule has 2 aromatic heterocycles. The number of methoxy groups -OCH3 is 1. The van der Waals surface area contributed by atoms with Crippen LogP contribution >= 0.6 is 11.3 Å². The van der Waals surface area contributed by atoms with E-state index >= 15 is 0 Å². The molecule has 1 N–H and O–H groups in total. The second-order valence-electron chi connectivity index (χ2n) is 5.86. The number of hydrogen-bond donors (Lipinski definition) is 1. The van der Waals surface area contributed by atoms with E-state index in [1.165, 1.54) is 34.2 Å². The summed E-state index contributed by atoms with van der Waals surface area (Å²) in [5.74, 6) is 2.67. The maximum atomic E-state index is 5.29. The monoisotopic (exact) mass is 325 g/mol. The summed E-state index contributed by atoms with van der Waals surface area (Å²) in [6.07, 6.45) is 3.58. The first-order chi connectivity index (χ1) is 11.2. The fourth-order valence-electron chi connectivity index (χ4n) is 3.20. The van der Waals surface area contributed by atoms with Crippen molar-refractivity contribution in [2.45, 2.75) is 32.7 Å². The number of benzene rings is 1. The molecule has 3 aromatic rings. The maximum Gasteiger partial charge on any atom is 0.139 e. The van der Waals surface area contributed by atoms with Crippen LogP contribution in [-0.2, 0) is 19.4 Å². The second-order valence-corrected chi connectivity index (χ2v) is 6.95. The average Bonchev–Trinajstić information content (AvgIpc) is 3.13. The van der Waals surface area contributed by atoms with Crippen molar-refractivity contribution in [3.63, 3.8) is 0 Å². The summed E-state index contributed by atoms with van der Waals surface area (Å²) in [5.41, 5.74) is 2.64. The van der Waals surface area contributed by atoms with E-state index < -0.39 is 0 Å². The second kappa shape index (κ2) is 5.81. The first-order valence-corrected chi connectivity index (χ1v) is 8.72. The van der Waals surface area contributed by atoms with Gasteiger partial charge in [0.05, 0.1) is 12.5 Å². The van der Waals surface area contributed by atoms with Gasteiger partial charge in [0, 0.05) is 11.4 Å². The molecule has 0 saturated carbocycles. The van der Waals surface area contributed by atoms with Crippen molar-refractivity contribution in [2.24, 2.45) is 0 Å². The smallest absolute Gasteiger partial charge is 0.139 e. The van der Waals surface area contributed by atoms with Gasteiger partial charge in [-0.3, -0.25) is 0 Å². The largest absolute Gasteiger partial charge is 0.497 e. The molecular weight excluding hydrogens is 306 g/mol. The molecular formula is C18H19N3OS. The number of nitrogens with zero attached hydrogens (tertiary/aromatic N) is 2. The minimum Gasteiger partial charge on any atom is -0.497 e. The molecule has 23 heavy (non-hydrogen) atoms. The molecule has 1 aliphatic carbocycles. The number of hydrogen-bond acceptors (Lipinski definition) is 5. The van der Waals surface area contributed by atoms with Crippen LogP contribution < -0.4 is 10.1 Å². The summed E-state index contributed by atoms with van der Waals surface area (Å²) in [6.45, 7) is 2.69. The lowest BCUT2D eigenvalue weighted by molar-refractivity contribution is 0.414. The highest BCUT2D eigenvalue weighted by molar-refractivity contribution is 7.19. The van der Waals surface area contributed by atoms with Gasteiger partial charge in [-0.15, -0.1) is 11.3 Å². The first kappa shape index (κ1) is 14.5. The summed E-state index contributed by atoms with van der Waals surface area (Å²) in [7, 11) is 1.69. The average molecular weight is 325 g/mol. The number of thiophene rings is 1. The van der Waals surface area contributed by atoms with Crippen molar-refractivity contribution in [3.8, 4) is 5.75 Å². The third kappa shape index (κ3) is 2.65. The molecule has 0 atom stereocenters. The molecule has 0 spiro atoms. The zero-order valence-electron chi connectivity index (χ0n) is 13.3. The van der Waals surface area contributed by atoms with Gasteiger partial charge in [0.2, 0.25) is 0 Å². The van der Waals surface area contributed by atoms with Crippen LogP contribution in [0.4, 0.5) is 5.82 Å². The molecule has 0 saturated heterocycles. The predicted octanol–water partition coefficient (Wildman–Crippen LogP) is 4.11. The Morgan fingerprint density at radius 1 is 1.26 bits per heavy atom. The molecule has 0 aliphatic heterocycles. The fraction of sp³-hybridized carbons (Fsp3) is 0.333. The van der Waals surface area contributed by atoms with Gasteiger partial charge >= 0.3 is 0 Å². The number of nitrogens with one attached hydrogen (secondary N) is 1. The summed E-state index contributed by atoms with van der Waals surface area (Å²) in [4.78, 5) is 11.9. The molecule has 2 heterocycles. The molecule has 1 aliphatic rings. The summed E-state index contributed by atoms with van der Waals surface area (Å²) in [6, 6.07) is 8.12. The molecule has 5 heteroatoms. The number of rotatable bonds is 4. The molecule has 118 valence electrons. The zero-order chi connectivity index (χ0) is 15.8. The highest BCUT2D eigenvalue weighted by Crippen LogP contribution is 2.39. The van der Waals surface area contributed by atoms with Gasteiger partial charge in [-0.25, -0.2) is 9.97 Å². The van der Waals surface area contributed by atoms with E-state index in [2.05, 4.69) is 27.4 Å². The number of aromatic nitrogens is 2. The van der Waals surface area contributed by atoms with Crippen LogP contribution in [0.2, 0.25) is 0 Å². The summed E-state index contributed by atoms with van der Waals surface area (Å²) >= 11 is 1.83. The van der Waals surface area contributed by atoms with Gasteiger partial charge in [-0.2, -0.15) is 0 Å². The topological polar surface area (TPSA) is 47.0 Å². The third-order valence-electron chi connectivity index (χ3n) is 4.27. The predicted molar refractivity (Wildman–Crippen MR) is 94.5 cm³/mol. The number of aryl methyl sites for hydroxylation is 3. The molecule has 0 bridgehead atoms. The van der Waals surface area contributed by atoms with E-state index in [0.717, 1.165) is 35.2 Å². The van der Waals surface area contributed by atoms with E-state index in [1.54, 1.807) is 7.11 Å². The molecule has 0 fully saturated rings. The maximum absolute atomic E-state index is 5.29. The van der Waals surface area contributed by atoms with Crippen molar-refractivity contribution in [1.82, 2.24) is 9.97 Å². The Hall–Kier alpha value is -2.14. The van der Waals surface area contributed by atoms with Gasteiger partial charge in [-0.1, -0.05) is 12.1 Å². The van der Waals surface area contributed by atoms with Crippen LogP contribution in [-0.4, -0.2) is 17.1 Å². The van der Waals surface area contributed by atoms with E-state index in [0.29, 0.717) is 0 Å². The molecule has 0 unspecified atom stereocenters. The lowest BCUT2D eigenvalue weighted by atomic mass is 10.1. The molecule has 0 amide bonds. The molecule has 0 radical (unpaired) electrons. The highest BCUT2D eigenvalue weighted by atomic mass is 32.1. The molecule has 4 nitrogen and oxygen atoms in total. The number of anilines is 1. The third-order valence-corrected chi connectivity index (χ3v) is 5.46. The lowest BCUT2D eigenvalue weighted by Gasteiger charge is -2.10. The quantitative estimate of drug-likeness (QED) is 0.784. The van der Waals surface area contributed by atoms with Crippen molar-refractivity contribution < 1.29 is 4.74 Å². The van der Waals surface area contributed by atoms with Crippen LogP contribution in [0.1, 0.15) is 28.2 Å². The Bertz CT molecular complexity index is 872. The Morgan fingerprint density at radius 2 is 2.17 bits per heavy atom. The first-order valence-electron chi connectivity index (χ1n) is 7.90. The van der Waals surface area contributed by atoms with E-state index in [9.17, 15) is 0 Å². The molecule has 4 rings (SSSR count). The van der Waals surface area contributed by atoms with Crippen LogP contribution in [0, 0.1) is 6.92 Å². The van der Waals surface area contributed by atoms with Gasteiger partial charge in [0.15, 0.2) is 0 Å². The normalized spacial score (nSPS) is 13.3. The Balaban J connectivity index is 1.68. The fourth-order valence-corrected chi connectivity index (χ4v) is 4.51. The van der Waals surface area contributed by atoms with E-state index in [-0.39, 0.29) is 0 Å². The lowest BCUT2D eigenvalue weighted by Crippen LogP contribution is -2.04. The van der Waals surface area contributed by atoms with Crippen molar-refractivity contribution in [1.29, 1.82) is 0 Å². The van der Waals surface area contributed by atoms with E-state index in [4.69, 9.17) is 4.74 Å². The van der Waals surface area contributed by atoms with Crippen LogP contribution in [0.5, 0.6) is 5.75 Å². The van der Waals surface area contributed by atoms with E-state index in [1.807, 2.05) is 30.4 Å². The summed E-state index contributed by atoms with van der Waals surface area (Å²) < 4.78 is 5.29. The zero-order valence-corrected chi connectivity index (χ0v) is 14.2. The van der Waals surface area contributed by atoms with Gasteiger partial charge in [0.25, 0.3) is 0 Å². The van der Waals surface area contributed by atoms with Crippen LogP contribution in [0.15, 0.2) is 24.3 Å². The van der Waals surface area contributed by atoms with Crippen LogP contribution in [0.3, 0.4) is 0 Å². The van der Waals surface area contributed by atoms with Gasteiger partial charge in [0.1, 0.15) is 22.2 Å². The number of ether oxygens (including phenoxy) is 1.